The van der Waals surface area contributed by atoms with Crippen molar-refractivity contribution in [2.24, 2.45) is 0 Å². The van der Waals surface area contributed by atoms with Crippen LogP contribution in [0.25, 0.3) is 5.65 Å². The molecule has 0 aliphatic heterocycles. The zero-order valence-corrected chi connectivity index (χ0v) is 7.83. The Morgan fingerprint density at radius 1 is 1.33 bits per heavy atom. The quantitative estimate of drug-likeness (QED) is 0.651. The summed E-state index contributed by atoms with van der Waals surface area (Å²) < 4.78 is 1.97. The van der Waals surface area contributed by atoms with Crippen LogP contribution in [0.2, 0.25) is 0 Å². The van der Waals surface area contributed by atoms with Crippen LogP contribution in [0, 0.1) is 0 Å². The first-order chi connectivity index (χ1) is 7.43. The Kier molecular flexibility index (Phi) is 1.71. The van der Waals surface area contributed by atoms with Gasteiger partial charge in [0.25, 0.3) is 0 Å². The molecule has 0 aromatic carbocycles. The molecular formula is C9H8N6. The molecule has 0 unspecified atom stereocenters. The smallest absolute Gasteiger partial charge is 0.179 e. The van der Waals surface area contributed by atoms with Crippen LogP contribution in [0.5, 0.6) is 0 Å². The summed E-state index contributed by atoms with van der Waals surface area (Å²) in [4.78, 5) is 4.28. The molecule has 0 atom stereocenters. The van der Waals surface area contributed by atoms with Crippen molar-refractivity contribution in [3.63, 3.8) is 0 Å². The molecule has 3 aromatic rings. The van der Waals surface area contributed by atoms with E-state index in [1.807, 2.05) is 28.9 Å². The van der Waals surface area contributed by atoms with Crippen molar-refractivity contribution in [2.45, 2.75) is 6.42 Å². The molecule has 3 aromatic heterocycles. The second-order valence-electron chi connectivity index (χ2n) is 3.20. The monoisotopic (exact) mass is 200 g/mol. The molecule has 0 fully saturated rings. The summed E-state index contributed by atoms with van der Waals surface area (Å²) in [5, 5.41) is 13.8. The van der Waals surface area contributed by atoms with Crippen LogP contribution < -0.4 is 0 Å². The van der Waals surface area contributed by atoms with Crippen molar-refractivity contribution in [2.75, 3.05) is 0 Å². The average Bonchev–Trinajstić information content (AvgIpc) is 2.87. The molecule has 0 aliphatic carbocycles. The molecule has 15 heavy (non-hydrogen) atoms. The van der Waals surface area contributed by atoms with Gasteiger partial charge in [-0.15, -0.1) is 10.2 Å². The average molecular weight is 200 g/mol. The van der Waals surface area contributed by atoms with Gasteiger partial charge in [0.2, 0.25) is 0 Å². The van der Waals surface area contributed by atoms with Crippen LogP contribution >= 0.6 is 0 Å². The number of imidazole rings is 1. The summed E-state index contributed by atoms with van der Waals surface area (Å²) in [7, 11) is 0. The number of aromatic amines is 1. The number of hydrogen-bond acceptors (Lipinski definition) is 4. The van der Waals surface area contributed by atoms with Gasteiger partial charge < -0.3 is 4.40 Å². The minimum absolute atomic E-state index is 0.637. The van der Waals surface area contributed by atoms with E-state index in [0.29, 0.717) is 12.2 Å². The molecule has 0 spiro atoms. The fourth-order valence-electron chi connectivity index (χ4n) is 1.57. The van der Waals surface area contributed by atoms with Gasteiger partial charge >= 0.3 is 0 Å². The third kappa shape index (κ3) is 1.35. The van der Waals surface area contributed by atoms with Crippen molar-refractivity contribution in [1.82, 2.24) is 30.0 Å². The highest BCUT2D eigenvalue weighted by molar-refractivity contribution is 5.48. The lowest BCUT2D eigenvalue weighted by molar-refractivity contribution is 0.881. The molecule has 0 amide bonds. The van der Waals surface area contributed by atoms with Crippen molar-refractivity contribution in [3.05, 3.63) is 42.1 Å². The molecule has 0 aliphatic rings. The maximum Gasteiger partial charge on any atom is 0.179 e. The Labute approximate surface area is 85.0 Å². The van der Waals surface area contributed by atoms with Crippen molar-refractivity contribution >= 4 is 5.65 Å². The maximum atomic E-state index is 4.28. The summed E-state index contributed by atoms with van der Waals surface area (Å²) in [6, 6.07) is 3.99. The fraction of sp³-hybridized carbons (Fsp3) is 0.111. The minimum Gasteiger partial charge on any atom is -0.307 e. The van der Waals surface area contributed by atoms with E-state index in [0.717, 1.165) is 11.2 Å². The van der Waals surface area contributed by atoms with Crippen LogP contribution in [0.1, 0.15) is 11.4 Å². The molecule has 0 saturated carbocycles. The SMILES string of the molecule is c1cc(Cc2nn[nH]n2)c2nccn2c1. The number of hydrogen-bond donors (Lipinski definition) is 1. The van der Waals surface area contributed by atoms with Gasteiger partial charge in [0, 0.05) is 30.6 Å². The molecule has 6 heteroatoms. The number of aromatic nitrogens is 6. The fourth-order valence-corrected chi connectivity index (χ4v) is 1.57. The van der Waals surface area contributed by atoms with Gasteiger partial charge in [-0.2, -0.15) is 5.21 Å². The number of nitrogens with one attached hydrogen (secondary N) is 1. The summed E-state index contributed by atoms with van der Waals surface area (Å²) in [5.41, 5.74) is 2.02. The lowest BCUT2D eigenvalue weighted by Crippen LogP contribution is -1.95. The van der Waals surface area contributed by atoms with E-state index in [-0.39, 0.29) is 0 Å². The van der Waals surface area contributed by atoms with Crippen LogP contribution in [0.4, 0.5) is 0 Å². The van der Waals surface area contributed by atoms with Gasteiger partial charge in [-0.1, -0.05) is 11.3 Å². The van der Waals surface area contributed by atoms with E-state index >= 15 is 0 Å². The Balaban J connectivity index is 2.07. The van der Waals surface area contributed by atoms with Gasteiger partial charge in [-0.05, 0) is 6.07 Å². The first kappa shape index (κ1) is 8.10. The standard InChI is InChI=1S/C9H8N6/c1-2-7(6-8-11-13-14-12-8)9-10-3-5-15(9)4-1/h1-5H,6H2,(H,11,12,13,14). The zero-order chi connectivity index (χ0) is 10.1. The van der Waals surface area contributed by atoms with Crippen molar-refractivity contribution in [3.8, 4) is 0 Å². The Hall–Kier alpha value is -2.24. The van der Waals surface area contributed by atoms with Crippen LogP contribution in [-0.2, 0) is 6.42 Å². The summed E-state index contributed by atoms with van der Waals surface area (Å²) in [6.07, 6.45) is 6.28. The van der Waals surface area contributed by atoms with Crippen LogP contribution in [-0.4, -0.2) is 30.0 Å². The van der Waals surface area contributed by atoms with Crippen molar-refractivity contribution in [1.29, 1.82) is 0 Å². The first-order valence-electron chi connectivity index (χ1n) is 4.56. The van der Waals surface area contributed by atoms with Gasteiger partial charge in [0.15, 0.2) is 5.82 Å². The largest absolute Gasteiger partial charge is 0.307 e. The molecule has 6 nitrogen and oxygen atoms in total. The molecule has 0 radical (unpaired) electrons. The summed E-state index contributed by atoms with van der Waals surface area (Å²) >= 11 is 0. The van der Waals surface area contributed by atoms with E-state index in [9.17, 15) is 0 Å². The Bertz CT molecular complexity index is 567. The lowest BCUT2D eigenvalue weighted by Gasteiger charge is -1.99. The van der Waals surface area contributed by atoms with E-state index in [4.69, 9.17) is 0 Å². The van der Waals surface area contributed by atoms with E-state index in [1.54, 1.807) is 6.20 Å². The third-order valence-corrected chi connectivity index (χ3v) is 2.24. The first-order valence-corrected chi connectivity index (χ1v) is 4.56. The summed E-state index contributed by atoms with van der Waals surface area (Å²) in [6.45, 7) is 0. The highest BCUT2D eigenvalue weighted by atomic mass is 15.5. The maximum absolute atomic E-state index is 4.28. The topological polar surface area (TPSA) is 71.8 Å². The van der Waals surface area contributed by atoms with Gasteiger partial charge in [-0.25, -0.2) is 4.98 Å². The number of rotatable bonds is 2. The number of tetrazole rings is 1. The minimum atomic E-state index is 0.637. The molecule has 3 rings (SSSR count). The molecule has 1 N–H and O–H groups in total. The number of pyridine rings is 1. The molecule has 0 saturated heterocycles. The van der Waals surface area contributed by atoms with E-state index in [1.165, 1.54) is 0 Å². The highest BCUT2D eigenvalue weighted by Crippen LogP contribution is 2.11. The number of nitrogens with zero attached hydrogens (tertiary/aromatic N) is 5. The Morgan fingerprint density at radius 2 is 2.33 bits per heavy atom. The van der Waals surface area contributed by atoms with E-state index < -0.39 is 0 Å². The Morgan fingerprint density at radius 3 is 3.20 bits per heavy atom. The second-order valence-corrected chi connectivity index (χ2v) is 3.20. The molecule has 74 valence electrons. The highest BCUT2D eigenvalue weighted by Gasteiger charge is 2.05. The lowest BCUT2D eigenvalue weighted by atomic mass is 10.2. The van der Waals surface area contributed by atoms with Gasteiger partial charge in [-0.3, -0.25) is 0 Å². The third-order valence-electron chi connectivity index (χ3n) is 2.24. The molecule has 0 bridgehead atoms. The number of H-pyrrole nitrogens is 1. The van der Waals surface area contributed by atoms with Crippen LogP contribution in [0.15, 0.2) is 30.7 Å². The molecule has 3 heterocycles. The van der Waals surface area contributed by atoms with Crippen LogP contribution in [0.3, 0.4) is 0 Å². The van der Waals surface area contributed by atoms with Gasteiger partial charge in [0.05, 0.1) is 0 Å². The second kappa shape index (κ2) is 3.16. The predicted octanol–water partition coefficient (Wildman–Crippen LogP) is 0.438. The molecular weight excluding hydrogens is 192 g/mol. The van der Waals surface area contributed by atoms with Gasteiger partial charge in [0.1, 0.15) is 5.65 Å². The predicted molar refractivity (Wildman–Crippen MR) is 52.2 cm³/mol. The van der Waals surface area contributed by atoms with Crippen molar-refractivity contribution < 1.29 is 0 Å². The van der Waals surface area contributed by atoms with E-state index in [2.05, 4.69) is 25.6 Å². The normalized spacial score (nSPS) is 10.9. The summed E-state index contributed by atoms with van der Waals surface area (Å²) in [5.74, 6) is 0.672. The number of fused-ring (bicyclic) bond motifs is 1. The zero-order valence-electron chi connectivity index (χ0n) is 7.83.